The van der Waals surface area contributed by atoms with E-state index in [1.165, 1.54) is 4.90 Å². The minimum absolute atomic E-state index is 0.304. The SMILES string of the molecule is Cc1cccc(C(=O)N2CCSCC2C(=O)O)c1Cl. The highest BCUT2D eigenvalue weighted by Gasteiger charge is 2.33. The summed E-state index contributed by atoms with van der Waals surface area (Å²) >= 11 is 7.68. The molecule has 1 aliphatic rings. The van der Waals surface area contributed by atoms with Crippen LogP contribution in [0.4, 0.5) is 0 Å². The van der Waals surface area contributed by atoms with Crippen LogP contribution in [0.2, 0.25) is 5.02 Å². The molecule has 0 radical (unpaired) electrons. The Morgan fingerprint density at radius 2 is 2.21 bits per heavy atom. The van der Waals surface area contributed by atoms with Gasteiger partial charge in [-0.1, -0.05) is 23.7 Å². The number of thioether (sulfide) groups is 1. The third-order valence-corrected chi connectivity index (χ3v) is 4.62. The van der Waals surface area contributed by atoms with Crippen molar-refractivity contribution >= 4 is 35.2 Å². The van der Waals surface area contributed by atoms with Crippen molar-refractivity contribution in [3.05, 3.63) is 34.3 Å². The van der Waals surface area contributed by atoms with E-state index < -0.39 is 12.0 Å². The third kappa shape index (κ3) is 2.87. The second-order valence-electron chi connectivity index (χ2n) is 4.36. The standard InChI is InChI=1S/C13H14ClNO3S/c1-8-3-2-4-9(11(8)14)12(16)15-5-6-19-7-10(15)13(17)18/h2-4,10H,5-7H2,1H3,(H,17,18). The molecule has 1 heterocycles. The average molecular weight is 300 g/mol. The summed E-state index contributed by atoms with van der Waals surface area (Å²) in [5.74, 6) is -0.102. The topological polar surface area (TPSA) is 57.6 Å². The summed E-state index contributed by atoms with van der Waals surface area (Å²) in [5, 5.41) is 9.59. The Labute approximate surface area is 120 Å². The molecule has 1 saturated heterocycles. The maximum absolute atomic E-state index is 12.5. The molecule has 2 rings (SSSR count). The first-order chi connectivity index (χ1) is 9.02. The number of carboxylic acids is 1. The highest BCUT2D eigenvalue weighted by atomic mass is 35.5. The molecule has 0 spiro atoms. The van der Waals surface area contributed by atoms with Crippen molar-refractivity contribution < 1.29 is 14.7 Å². The first-order valence-corrected chi connectivity index (χ1v) is 7.42. The van der Waals surface area contributed by atoms with E-state index in [1.54, 1.807) is 23.9 Å². The van der Waals surface area contributed by atoms with Crippen LogP contribution in [0.25, 0.3) is 0 Å². The van der Waals surface area contributed by atoms with Crippen LogP contribution < -0.4 is 0 Å². The van der Waals surface area contributed by atoms with Gasteiger partial charge in [-0.15, -0.1) is 0 Å². The molecule has 0 aromatic heterocycles. The Morgan fingerprint density at radius 1 is 1.47 bits per heavy atom. The molecule has 0 saturated carbocycles. The smallest absolute Gasteiger partial charge is 0.327 e. The molecule has 1 aromatic rings. The zero-order valence-electron chi connectivity index (χ0n) is 10.4. The second-order valence-corrected chi connectivity index (χ2v) is 5.89. The summed E-state index contributed by atoms with van der Waals surface area (Å²) in [5.41, 5.74) is 1.19. The number of rotatable bonds is 2. The van der Waals surface area contributed by atoms with E-state index >= 15 is 0 Å². The molecule has 1 aromatic carbocycles. The fourth-order valence-corrected chi connectivity index (χ4v) is 3.26. The fourth-order valence-electron chi connectivity index (χ4n) is 2.02. The van der Waals surface area contributed by atoms with Crippen molar-refractivity contribution in [2.45, 2.75) is 13.0 Å². The van der Waals surface area contributed by atoms with Gasteiger partial charge in [0.25, 0.3) is 5.91 Å². The number of hydrogen-bond acceptors (Lipinski definition) is 3. The largest absolute Gasteiger partial charge is 0.480 e. The van der Waals surface area contributed by atoms with Crippen LogP contribution in [0.15, 0.2) is 18.2 Å². The van der Waals surface area contributed by atoms with Crippen LogP contribution in [0, 0.1) is 6.92 Å². The van der Waals surface area contributed by atoms with E-state index in [9.17, 15) is 14.7 Å². The number of carboxylic acid groups (broad SMARTS) is 1. The van der Waals surface area contributed by atoms with Gasteiger partial charge < -0.3 is 10.0 Å². The van der Waals surface area contributed by atoms with Gasteiger partial charge in [0.05, 0.1) is 10.6 Å². The lowest BCUT2D eigenvalue weighted by molar-refractivity contribution is -0.141. The van der Waals surface area contributed by atoms with Gasteiger partial charge in [-0.05, 0) is 18.6 Å². The zero-order chi connectivity index (χ0) is 14.0. The lowest BCUT2D eigenvalue weighted by Gasteiger charge is -2.32. The summed E-state index contributed by atoms with van der Waals surface area (Å²) in [7, 11) is 0. The van der Waals surface area contributed by atoms with Crippen molar-refractivity contribution in [1.29, 1.82) is 0 Å². The summed E-state index contributed by atoms with van der Waals surface area (Å²) in [4.78, 5) is 25.1. The Hall–Kier alpha value is -1.20. The summed E-state index contributed by atoms with van der Waals surface area (Å²) in [6, 6.07) is 4.43. The fraction of sp³-hybridized carbons (Fsp3) is 0.385. The maximum Gasteiger partial charge on any atom is 0.327 e. The molecule has 1 aliphatic heterocycles. The van der Waals surface area contributed by atoms with E-state index in [0.29, 0.717) is 22.9 Å². The normalized spacial score (nSPS) is 19.3. The van der Waals surface area contributed by atoms with Gasteiger partial charge in [-0.25, -0.2) is 4.79 Å². The lowest BCUT2D eigenvalue weighted by atomic mass is 10.1. The van der Waals surface area contributed by atoms with E-state index in [-0.39, 0.29) is 5.91 Å². The summed E-state index contributed by atoms with van der Waals surface area (Å²) in [6.07, 6.45) is 0. The van der Waals surface area contributed by atoms with Gasteiger partial charge in [0.1, 0.15) is 6.04 Å². The number of aryl methyl sites for hydroxylation is 1. The number of aliphatic carboxylic acids is 1. The van der Waals surface area contributed by atoms with E-state index in [1.807, 2.05) is 13.0 Å². The van der Waals surface area contributed by atoms with Gasteiger partial charge in [-0.2, -0.15) is 11.8 Å². The second kappa shape index (κ2) is 5.84. The number of benzene rings is 1. The minimum atomic E-state index is -0.968. The third-order valence-electron chi connectivity index (χ3n) is 3.10. The van der Waals surface area contributed by atoms with Crippen LogP contribution in [0.5, 0.6) is 0 Å². The van der Waals surface area contributed by atoms with Crippen LogP contribution in [-0.2, 0) is 4.79 Å². The van der Waals surface area contributed by atoms with E-state index in [2.05, 4.69) is 0 Å². The number of carbonyl (C=O) groups excluding carboxylic acids is 1. The van der Waals surface area contributed by atoms with Crippen LogP contribution >= 0.6 is 23.4 Å². The van der Waals surface area contributed by atoms with Gasteiger partial charge in [-0.3, -0.25) is 4.79 Å². The Kier molecular flexibility index (Phi) is 4.37. The first-order valence-electron chi connectivity index (χ1n) is 5.89. The van der Waals surface area contributed by atoms with Crippen LogP contribution in [-0.4, -0.2) is 46.0 Å². The Bertz CT molecular complexity index is 521. The molecule has 4 nitrogen and oxygen atoms in total. The first kappa shape index (κ1) is 14.2. The number of carbonyl (C=O) groups is 2. The molecule has 1 fully saturated rings. The highest BCUT2D eigenvalue weighted by Crippen LogP contribution is 2.25. The van der Waals surface area contributed by atoms with Crippen LogP contribution in [0.3, 0.4) is 0 Å². The molecule has 6 heteroatoms. The predicted molar refractivity (Wildman–Crippen MR) is 76.0 cm³/mol. The minimum Gasteiger partial charge on any atom is -0.480 e. The molecule has 1 N–H and O–H groups in total. The quantitative estimate of drug-likeness (QED) is 0.910. The van der Waals surface area contributed by atoms with Crippen LogP contribution in [0.1, 0.15) is 15.9 Å². The summed E-state index contributed by atoms with van der Waals surface area (Å²) < 4.78 is 0. The number of nitrogens with zero attached hydrogens (tertiary/aromatic N) is 1. The molecule has 1 amide bonds. The van der Waals surface area contributed by atoms with E-state index in [0.717, 1.165) is 11.3 Å². The average Bonchev–Trinajstić information content (AvgIpc) is 2.41. The Morgan fingerprint density at radius 3 is 2.89 bits per heavy atom. The molecule has 1 unspecified atom stereocenters. The molecular formula is C13H14ClNO3S. The molecular weight excluding hydrogens is 286 g/mol. The molecule has 1 atom stereocenters. The lowest BCUT2D eigenvalue weighted by Crippen LogP contribution is -2.50. The predicted octanol–water partition coefficient (Wildman–Crippen LogP) is 2.29. The molecule has 19 heavy (non-hydrogen) atoms. The maximum atomic E-state index is 12.5. The van der Waals surface area contributed by atoms with Crippen molar-refractivity contribution in [1.82, 2.24) is 4.90 Å². The Balaban J connectivity index is 2.31. The van der Waals surface area contributed by atoms with Gasteiger partial charge >= 0.3 is 5.97 Å². The molecule has 0 bridgehead atoms. The van der Waals surface area contributed by atoms with Crippen molar-refractivity contribution in [2.75, 3.05) is 18.1 Å². The van der Waals surface area contributed by atoms with Crippen molar-refractivity contribution in [2.24, 2.45) is 0 Å². The van der Waals surface area contributed by atoms with Gasteiger partial charge in [0.15, 0.2) is 0 Å². The van der Waals surface area contributed by atoms with Crippen molar-refractivity contribution in [3.63, 3.8) is 0 Å². The molecule has 102 valence electrons. The van der Waals surface area contributed by atoms with E-state index in [4.69, 9.17) is 11.6 Å². The highest BCUT2D eigenvalue weighted by molar-refractivity contribution is 7.99. The number of amides is 1. The van der Waals surface area contributed by atoms with Crippen molar-refractivity contribution in [3.8, 4) is 0 Å². The number of halogens is 1. The van der Waals surface area contributed by atoms with Gasteiger partial charge in [0, 0.05) is 18.1 Å². The number of hydrogen-bond donors (Lipinski definition) is 1. The monoisotopic (exact) mass is 299 g/mol. The van der Waals surface area contributed by atoms with Gasteiger partial charge in [0.2, 0.25) is 0 Å². The molecule has 0 aliphatic carbocycles. The summed E-state index contributed by atoms with van der Waals surface area (Å²) in [6.45, 7) is 2.25. The zero-order valence-corrected chi connectivity index (χ0v) is 12.0.